The topological polar surface area (TPSA) is 98.2 Å². The van der Waals surface area contributed by atoms with Crippen molar-refractivity contribution in [3.63, 3.8) is 0 Å². The van der Waals surface area contributed by atoms with Crippen LogP contribution in [0.1, 0.15) is 37.8 Å². The summed E-state index contributed by atoms with van der Waals surface area (Å²) in [6.07, 6.45) is 2.70. The number of rotatable bonds is 9. The van der Waals surface area contributed by atoms with Crippen molar-refractivity contribution in [1.29, 1.82) is 0 Å². The number of aliphatic carboxylic acids is 1. The summed E-state index contributed by atoms with van der Waals surface area (Å²) in [5, 5.41) is 20.2. The molecular formula is C27H35BrN2O5S. The Labute approximate surface area is 225 Å². The van der Waals surface area contributed by atoms with Crippen LogP contribution in [0.25, 0.3) is 0 Å². The fourth-order valence-corrected chi connectivity index (χ4v) is 10.0. The third-order valence-corrected chi connectivity index (χ3v) is 11.0. The molecule has 0 saturated carbocycles. The van der Waals surface area contributed by atoms with Crippen LogP contribution in [-0.4, -0.2) is 73.0 Å². The molecule has 4 rings (SSSR count). The molecule has 1 spiro atoms. The third-order valence-electron chi connectivity index (χ3n) is 7.83. The van der Waals surface area contributed by atoms with Crippen LogP contribution < -0.4 is 4.90 Å². The van der Waals surface area contributed by atoms with Crippen LogP contribution in [0.5, 0.6) is 0 Å². The molecule has 3 saturated heterocycles. The predicted molar refractivity (Wildman–Crippen MR) is 145 cm³/mol. The van der Waals surface area contributed by atoms with E-state index in [9.17, 15) is 24.6 Å². The number of benzene rings is 1. The summed E-state index contributed by atoms with van der Waals surface area (Å²) >= 11 is 5.15. The minimum Gasteiger partial charge on any atom is -0.481 e. The minimum atomic E-state index is -1.01. The lowest BCUT2D eigenvalue weighted by molar-refractivity contribution is -0.149. The van der Waals surface area contributed by atoms with Crippen molar-refractivity contribution in [2.75, 3.05) is 18.1 Å². The number of aliphatic hydroxyl groups is 1. The molecule has 3 unspecified atom stereocenters. The zero-order valence-electron chi connectivity index (χ0n) is 21.2. The number of anilines is 1. The average molecular weight is 580 g/mol. The zero-order chi connectivity index (χ0) is 26.5. The Kier molecular flexibility index (Phi) is 7.66. The van der Waals surface area contributed by atoms with Crippen LogP contribution in [0.15, 0.2) is 30.9 Å². The van der Waals surface area contributed by atoms with Crippen LogP contribution in [0.2, 0.25) is 0 Å². The first-order valence-corrected chi connectivity index (χ1v) is 14.2. The molecule has 3 fully saturated rings. The summed E-state index contributed by atoms with van der Waals surface area (Å²) in [6.45, 7) is 11.8. The van der Waals surface area contributed by atoms with Crippen LogP contribution in [-0.2, 0) is 14.4 Å². The Morgan fingerprint density at radius 2 is 2.06 bits per heavy atom. The Balaban J connectivity index is 1.88. The van der Waals surface area contributed by atoms with E-state index in [4.69, 9.17) is 0 Å². The van der Waals surface area contributed by atoms with Crippen molar-refractivity contribution in [3.8, 4) is 0 Å². The molecule has 2 N–H and O–H groups in total. The normalized spacial score (nSPS) is 31.6. The van der Waals surface area contributed by atoms with Crippen molar-refractivity contribution in [2.24, 2.45) is 17.8 Å². The number of aliphatic hydroxyl groups excluding tert-OH is 1. The number of thioether (sulfide) groups is 1. The second-order valence-electron chi connectivity index (χ2n) is 10.7. The van der Waals surface area contributed by atoms with Gasteiger partial charge in [0.1, 0.15) is 6.04 Å². The third kappa shape index (κ3) is 4.21. The van der Waals surface area contributed by atoms with E-state index < -0.39 is 34.6 Å². The smallest absolute Gasteiger partial charge is 0.308 e. The Morgan fingerprint density at radius 3 is 2.64 bits per heavy atom. The molecule has 196 valence electrons. The lowest BCUT2D eigenvalue weighted by Gasteiger charge is -2.40. The van der Waals surface area contributed by atoms with Gasteiger partial charge >= 0.3 is 5.97 Å². The first-order valence-electron chi connectivity index (χ1n) is 12.5. The minimum absolute atomic E-state index is 0.117. The summed E-state index contributed by atoms with van der Waals surface area (Å²) in [7, 11) is 0. The Morgan fingerprint density at radius 1 is 1.36 bits per heavy atom. The quantitative estimate of drug-likeness (QED) is 0.342. The van der Waals surface area contributed by atoms with Crippen molar-refractivity contribution in [2.45, 2.75) is 67.4 Å². The molecule has 0 radical (unpaired) electrons. The Hall–Kier alpha value is -1.84. The van der Waals surface area contributed by atoms with Crippen LogP contribution in [0.4, 0.5) is 5.69 Å². The van der Waals surface area contributed by atoms with Crippen molar-refractivity contribution in [3.05, 3.63) is 42.0 Å². The van der Waals surface area contributed by atoms with Crippen LogP contribution >= 0.6 is 27.7 Å². The number of halogens is 1. The van der Waals surface area contributed by atoms with Gasteiger partial charge in [0, 0.05) is 22.3 Å². The fraction of sp³-hybridized carbons (Fsp3) is 0.593. The number of aryl methyl sites for hydroxylation is 2. The molecule has 1 aromatic carbocycles. The molecule has 0 aliphatic carbocycles. The Bertz CT molecular complexity index is 1080. The average Bonchev–Trinajstić information content (AvgIpc) is 3.40. The van der Waals surface area contributed by atoms with Gasteiger partial charge in [0.05, 0.1) is 29.2 Å². The molecule has 3 heterocycles. The molecule has 9 heteroatoms. The highest BCUT2D eigenvalue weighted by molar-refractivity contribution is 9.09. The summed E-state index contributed by atoms with van der Waals surface area (Å²) in [5.41, 5.74) is 2.68. The van der Waals surface area contributed by atoms with Crippen molar-refractivity contribution < 1.29 is 24.6 Å². The van der Waals surface area contributed by atoms with E-state index in [0.717, 1.165) is 16.8 Å². The summed E-state index contributed by atoms with van der Waals surface area (Å²) in [6, 6.07) is 4.45. The van der Waals surface area contributed by atoms with Crippen LogP contribution in [0.3, 0.4) is 0 Å². The van der Waals surface area contributed by atoms with E-state index in [-0.39, 0.29) is 41.0 Å². The lowest BCUT2D eigenvalue weighted by Crippen LogP contribution is -2.58. The lowest BCUT2D eigenvalue weighted by atomic mass is 9.71. The number of nitrogens with zero attached hydrogens (tertiary/aromatic N) is 2. The number of hydrogen-bond donors (Lipinski definition) is 2. The molecule has 1 aromatic rings. The maximum atomic E-state index is 14.6. The van der Waals surface area contributed by atoms with E-state index in [0.29, 0.717) is 12.8 Å². The molecule has 2 bridgehead atoms. The molecule has 0 aromatic heterocycles. The summed E-state index contributed by atoms with van der Waals surface area (Å²) in [5.74, 6) is -3.09. The van der Waals surface area contributed by atoms with Crippen molar-refractivity contribution in [1.82, 2.24) is 4.90 Å². The first kappa shape index (κ1) is 27.2. The van der Waals surface area contributed by atoms with Gasteiger partial charge in [-0.2, -0.15) is 0 Å². The molecule has 7 atom stereocenters. The van der Waals surface area contributed by atoms with E-state index in [1.165, 1.54) is 11.8 Å². The largest absolute Gasteiger partial charge is 0.481 e. The van der Waals surface area contributed by atoms with Crippen LogP contribution in [0, 0.1) is 31.6 Å². The highest BCUT2D eigenvalue weighted by Gasteiger charge is 2.76. The first-order chi connectivity index (χ1) is 17.0. The summed E-state index contributed by atoms with van der Waals surface area (Å²) < 4.78 is -0.877. The van der Waals surface area contributed by atoms with E-state index in [1.807, 2.05) is 45.9 Å². The van der Waals surface area contributed by atoms with E-state index in [1.54, 1.807) is 15.9 Å². The van der Waals surface area contributed by atoms with Gasteiger partial charge in [0.2, 0.25) is 5.91 Å². The fourth-order valence-electron chi connectivity index (χ4n) is 6.44. The number of carboxylic acid groups (broad SMARTS) is 1. The molecule has 36 heavy (non-hydrogen) atoms. The number of carbonyl (C=O) groups excluding carboxylic acids is 2. The molecule has 2 amide bonds. The number of alkyl halides is 1. The summed E-state index contributed by atoms with van der Waals surface area (Å²) in [4.78, 5) is 44.2. The van der Waals surface area contributed by atoms with E-state index >= 15 is 0 Å². The maximum Gasteiger partial charge on any atom is 0.308 e. The van der Waals surface area contributed by atoms with Gasteiger partial charge in [0.25, 0.3) is 5.91 Å². The SMILES string of the molecule is C=CCN(C(=O)C1N([C@@H](CO)CC(C)C)C(=O)[C@@H]2[C@@H](C(=O)O)[C@@H]3SC12CC3Br)c1cc(C)ccc1C. The highest BCUT2D eigenvalue weighted by atomic mass is 79.9. The number of likely N-dealkylation sites (tertiary alicyclic amines) is 1. The van der Waals surface area contributed by atoms with Gasteiger partial charge in [-0.15, -0.1) is 18.3 Å². The second kappa shape index (κ2) is 10.1. The molecule has 3 aliphatic heterocycles. The zero-order valence-corrected chi connectivity index (χ0v) is 23.6. The number of carbonyl (C=O) groups is 3. The second-order valence-corrected chi connectivity index (χ2v) is 13.5. The van der Waals surface area contributed by atoms with Crippen molar-refractivity contribution >= 4 is 51.2 Å². The van der Waals surface area contributed by atoms with Gasteiger partial charge in [0.15, 0.2) is 0 Å². The predicted octanol–water partition coefficient (Wildman–Crippen LogP) is 3.78. The standard InChI is InChI=1S/C27H35BrN2O5S/c1-6-9-29(19-11-15(4)7-8-16(19)5)25(33)23-27-12-18(28)22(36-27)20(26(34)35)21(27)24(32)30(23)17(13-31)10-14(2)3/h6-8,11,14,17-18,20-23,31H,1,9-10,12-13H2,2-5H3,(H,34,35)/t17-,18?,20-,21+,22-,23?,27?/m1/s1. The molecule has 3 aliphatic rings. The number of hydrogen-bond acceptors (Lipinski definition) is 5. The number of fused-ring (bicyclic) bond motifs is 1. The number of amides is 2. The highest BCUT2D eigenvalue weighted by Crippen LogP contribution is 2.68. The monoisotopic (exact) mass is 578 g/mol. The maximum absolute atomic E-state index is 14.6. The number of carboxylic acids is 1. The van der Waals surface area contributed by atoms with Gasteiger partial charge in [-0.3, -0.25) is 14.4 Å². The van der Waals surface area contributed by atoms with E-state index in [2.05, 4.69) is 22.5 Å². The van der Waals surface area contributed by atoms with Gasteiger partial charge in [-0.1, -0.05) is 48.0 Å². The van der Waals surface area contributed by atoms with Gasteiger partial charge in [-0.25, -0.2) is 0 Å². The molecule has 7 nitrogen and oxygen atoms in total. The molecular weight excluding hydrogens is 544 g/mol. The van der Waals surface area contributed by atoms with Gasteiger partial charge < -0.3 is 20.0 Å². The van der Waals surface area contributed by atoms with Gasteiger partial charge in [-0.05, 0) is 49.8 Å².